The maximum absolute atomic E-state index is 12.1. The molecule has 2 rings (SSSR count). The van der Waals surface area contributed by atoms with E-state index in [9.17, 15) is 8.42 Å². The second-order valence-electron chi connectivity index (χ2n) is 5.25. The predicted molar refractivity (Wildman–Crippen MR) is 73.0 cm³/mol. The molecule has 7 heteroatoms. The molecule has 1 aliphatic rings. The summed E-state index contributed by atoms with van der Waals surface area (Å²) in [6, 6.07) is 0. The molecule has 0 saturated heterocycles. The van der Waals surface area contributed by atoms with Crippen LogP contribution >= 0.6 is 0 Å². The lowest BCUT2D eigenvalue weighted by atomic mass is 9.99. The first kappa shape index (κ1) is 14.5. The normalized spacial score (nSPS) is 23.9. The minimum Gasteiger partial charge on any atom is -0.329 e. The van der Waals surface area contributed by atoms with Crippen LogP contribution in [0.4, 0.5) is 0 Å². The highest BCUT2D eigenvalue weighted by Crippen LogP contribution is 2.30. The van der Waals surface area contributed by atoms with E-state index in [4.69, 9.17) is 5.73 Å². The molecule has 1 aromatic heterocycles. The van der Waals surface area contributed by atoms with E-state index in [1.54, 1.807) is 4.68 Å². The zero-order valence-corrected chi connectivity index (χ0v) is 12.1. The number of nitrogens with zero attached hydrogens (tertiary/aromatic N) is 2. The number of nitrogens with one attached hydrogen (secondary N) is 1. The summed E-state index contributed by atoms with van der Waals surface area (Å²) in [4.78, 5) is 0.214. The fraction of sp³-hybridized carbons (Fsp3) is 0.750. The Bertz CT molecular complexity index is 512. The summed E-state index contributed by atoms with van der Waals surface area (Å²) in [5, 5.41) is 3.98. The fourth-order valence-corrected chi connectivity index (χ4v) is 3.61. The Morgan fingerprint density at radius 1 is 1.53 bits per heavy atom. The van der Waals surface area contributed by atoms with Gasteiger partial charge in [0.2, 0.25) is 10.0 Å². The Morgan fingerprint density at radius 2 is 2.32 bits per heavy atom. The quantitative estimate of drug-likeness (QED) is 0.799. The minimum absolute atomic E-state index is 0.214. The molecule has 1 saturated carbocycles. The van der Waals surface area contributed by atoms with Crippen molar-refractivity contribution in [2.24, 2.45) is 17.6 Å². The van der Waals surface area contributed by atoms with E-state index >= 15 is 0 Å². The Hall–Kier alpha value is -0.920. The predicted octanol–water partition coefficient (Wildman–Crippen LogP) is 0.556. The van der Waals surface area contributed by atoms with Crippen LogP contribution in [0.25, 0.3) is 0 Å². The summed E-state index contributed by atoms with van der Waals surface area (Å²) in [5.74, 6) is 1.05. The van der Waals surface area contributed by atoms with Gasteiger partial charge < -0.3 is 5.73 Å². The lowest BCUT2D eigenvalue weighted by Crippen LogP contribution is -2.30. The Balaban J connectivity index is 1.97. The number of hydrogen-bond donors (Lipinski definition) is 2. The van der Waals surface area contributed by atoms with Crippen molar-refractivity contribution in [3.05, 3.63) is 12.4 Å². The van der Waals surface area contributed by atoms with Crippen molar-refractivity contribution < 1.29 is 8.42 Å². The third-order valence-corrected chi connectivity index (χ3v) is 5.23. The van der Waals surface area contributed by atoms with Crippen LogP contribution in [-0.2, 0) is 16.6 Å². The molecule has 6 nitrogen and oxygen atoms in total. The van der Waals surface area contributed by atoms with Crippen LogP contribution in [0.1, 0.15) is 26.2 Å². The van der Waals surface area contributed by atoms with Crippen molar-refractivity contribution in [3.63, 3.8) is 0 Å². The van der Waals surface area contributed by atoms with E-state index in [-0.39, 0.29) is 4.90 Å². The van der Waals surface area contributed by atoms with Crippen LogP contribution in [0.2, 0.25) is 0 Å². The van der Waals surface area contributed by atoms with Gasteiger partial charge in [-0.15, -0.1) is 0 Å². The van der Waals surface area contributed by atoms with E-state index < -0.39 is 10.0 Å². The topological polar surface area (TPSA) is 90.0 Å². The van der Waals surface area contributed by atoms with Crippen molar-refractivity contribution in [2.75, 3.05) is 13.1 Å². The molecule has 0 aliphatic heterocycles. The van der Waals surface area contributed by atoms with Crippen LogP contribution in [0.3, 0.4) is 0 Å². The Labute approximate surface area is 114 Å². The molecule has 0 aromatic carbocycles. The molecule has 1 aromatic rings. The monoisotopic (exact) mass is 286 g/mol. The maximum atomic E-state index is 12.1. The van der Waals surface area contributed by atoms with E-state index in [0.29, 0.717) is 31.5 Å². The van der Waals surface area contributed by atoms with Crippen LogP contribution in [0, 0.1) is 11.8 Å². The molecule has 19 heavy (non-hydrogen) atoms. The summed E-state index contributed by atoms with van der Waals surface area (Å²) >= 11 is 0. The van der Waals surface area contributed by atoms with Gasteiger partial charge in [-0.05, 0) is 18.3 Å². The van der Waals surface area contributed by atoms with E-state index in [0.717, 1.165) is 6.42 Å². The van der Waals surface area contributed by atoms with Gasteiger partial charge in [-0.25, -0.2) is 13.1 Å². The highest BCUT2D eigenvalue weighted by atomic mass is 32.2. The van der Waals surface area contributed by atoms with Crippen molar-refractivity contribution >= 4 is 10.0 Å². The highest BCUT2D eigenvalue weighted by molar-refractivity contribution is 7.89. The molecule has 3 N–H and O–H groups in total. The molecule has 1 aliphatic carbocycles. The molecular formula is C12H22N4O2S. The summed E-state index contributed by atoms with van der Waals surface area (Å²) in [7, 11) is -3.44. The second-order valence-corrected chi connectivity index (χ2v) is 7.01. The maximum Gasteiger partial charge on any atom is 0.243 e. The van der Waals surface area contributed by atoms with Crippen molar-refractivity contribution in [1.82, 2.24) is 14.5 Å². The number of aromatic nitrogens is 2. The summed E-state index contributed by atoms with van der Waals surface area (Å²) in [6.45, 7) is 3.67. The zero-order valence-electron chi connectivity index (χ0n) is 11.2. The van der Waals surface area contributed by atoms with Gasteiger partial charge in [-0.2, -0.15) is 5.10 Å². The van der Waals surface area contributed by atoms with Crippen LogP contribution < -0.4 is 10.5 Å². The van der Waals surface area contributed by atoms with Crippen molar-refractivity contribution in [3.8, 4) is 0 Å². The van der Waals surface area contributed by atoms with Gasteiger partial charge in [-0.1, -0.05) is 19.8 Å². The second kappa shape index (κ2) is 6.02. The van der Waals surface area contributed by atoms with E-state index in [1.165, 1.54) is 25.2 Å². The average molecular weight is 286 g/mol. The molecular weight excluding hydrogens is 264 g/mol. The molecule has 0 radical (unpaired) electrons. The van der Waals surface area contributed by atoms with Gasteiger partial charge >= 0.3 is 0 Å². The molecule has 0 spiro atoms. The molecule has 108 valence electrons. The first-order valence-corrected chi connectivity index (χ1v) is 8.23. The van der Waals surface area contributed by atoms with E-state index in [1.807, 2.05) is 0 Å². The van der Waals surface area contributed by atoms with Crippen LogP contribution in [0.15, 0.2) is 17.3 Å². The number of nitrogens with two attached hydrogens (primary N) is 1. The minimum atomic E-state index is -3.44. The molecule has 1 heterocycles. The summed E-state index contributed by atoms with van der Waals surface area (Å²) in [5.41, 5.74) is 5.41. The molecule has 0 bridgehead atoms. The van der Waals surface area contributed by atoms with Crippen LogP contribution in [-0.4, -0.2) is 31.3 Å². The molecule has 2 atom stereocenters. The first-order valence-electron chi connectivity index (χ1n) is 6.75. The average Bonchev–Trinajstić information content (AvgIpc) is 2.97. The van der Waals surface area contributed by atoms with Gasteiger partial charge in [0.15, 0.2) is 0 Å². The summed E-state index contributed by atoms with van der Waals surface area (Å²) < 4.78 is 28.5. The number of rotatable bonds is 6. The third-order valence-electron chi connectivity index (χ3n) is 3.85. The van der Waals surface area contributed by atoms with Gasteiger partial charge in [0.25, 0.3) is 0 Å². The number of hydrogen-bond acceptors (Lipinski definition) is 4. The van der Waals surface area contributed by atoms with E-state index in [2.05, 4.69) is 16.7 Å². The van der Waals surface area contributed by atoms with Crippen molar-refractivity contribution in [1.29, 1.82) is 0 Å². The third kappa shape index (κ3) is 3.55. The first-order chi connectivity index (χ1) is 9.03. The zero-order chi connectivity index (χ0) is 13.9. The Kier molecular flexibility index (Phi) is 4.59. The number of sulfonamides is 1. The van der Waals surface area contributed by atoms with Gasteiger partial charge in [0.1, 0.15) is 4.90 Å². The highest BCUT2D eigenvalue weighted by Gasteiger charge is 2.25. The smallest absolute Gasteiger partial charge is 0.243 e. The van der Waals surface area contributed by atoms with Gasteiger partial charge in [0, 0.05) is 19.3 Å². The standard InChI is InChI=1S/C12H22N4O2S/c1-10-3-2-4-11(10)7-15-19(17,18)12-8-14-16(9-12)6-5-13/h8-11,15H,2-7,13H2,1H3. The largest absolute Gasteiger partial charge is 0.329 e. The lowest BCUT2D eigenvalue weighted by Gasteiger charge is -2.15. The summed E-state index contributed by atoms with van der Waals surface area (Å²) in [6.07, 6.45) is 6.39. The van der Waals surface area contributed by atoms with Crippen molar-refractivity contribution in [2.45, 2.75) is 37.6 Å². The molecule has 2 unspecified atom stereocenters. The lowest BCUT2D eigenvalue weighted by molar-refractivity contribution is 0.414. The van der Waals surface area contributed by atoms with Crippen LogP contribution in [0.5, 0.6) is 0 Å². The SMILES string of the molecule is CC1CCCC1CNS(=O)(=O)c1cnn(CCN)c1. The fourth-order valence-electron chi connectivity index (χ4n) is 2.56. The Morgan fingerprint density at radius 3 is 2.95 bits per heavy atom. The van der Waals surface area contributed by atoms with Gasteiger partial charge in [-0.3, -0.25) is 4.68 Å². The van der Waals surface area contributed by atoms with Gasteiger partial charge in [0.05, 0.1) is 12.7 Å². The molecule has 1 fully saturated rings. The molecule has 0 amide bonds.